The van der Waals surface area contributed by atoms with Crippen LogP contribution in [0.3, 0.4) is 0 Å². The third-order valence-corrected chi connectivity index (χ3v) is 8.83. The summed E-state index contributed by atoms with van der Waals surface area (Å²) in [4.78, 5) is 28.4. The highest BCUT2D eigenvalue weighted by Gasteiger charge is 2.48. The average Bonchev–Trinajstić information content (AvgIpc) is 3.54. The molecule has 1 saturated heterocycles. The van der Waals surface area contributed by atoms with Crippen molar-refractivity contribution >= 4 is 45.7 Å². The lowest BCUT2D eigenvalue weighted by Gasteiger charge is -2.23. The van der Waals surface area contributed by atoms with Gasteiger partial charge in [0.2, 0.25) is 5.13 Å². The van der Waals surface area contributed by atoms with E-state index in [1.54, 1.807) is 42.5 Å². The van der Waals surface area contributed by atoms with Gasteiger partial charge >= 0.3 is 5.91 Å². The maximum Gasteiger partial charge on any atom is 0.301 e. The van der Waals surface area contributed by atoms with Gasteiger partial charge in [0, 0.05) is 11.3 Å². The van der Waals surface area contributed by atoms with E-state index in [-0.39, 0.29) is 22.3 Å². The molecule has 5 rings (SSSR count). The Hall–Kier alpha value is -4.22. The number of aliphatic hydroxyl groups excluding tert-OH is 1. The van der Waals surface area contributed by atoms with Gasteiger partial charge in [0.15, 0.2) is 15.8 Å². The fourth-order valence-corrected chi connectivity index (χ4v) is 6.47. The fourth-order valence-electron chi connectivity index (χ4n) is 4.62. The van der Waals surface area contributed by atoms with E-state index >= 15 is 0 Å². The highest BCUT2D eigenvalue weighted by Crippen LogP contribution is 2.46. The lowest BCUT2D eigenvalue weighted by Crippen LogP contribution is -2.29. The van der Waals surface area contributed by atoms with Crippen LogP contribution in [0.1, 0.15) is 33.9 Å². The van der Waals surface area contributed by atoms with Crippen LogP contribution in [0.4, 0.5) is 9.52 Å². The molecule has 1 unspecified atom stereocenters. The van der Waals surface area contributed by atoms with Crippen molar-refractivity contribution in [2.24, 2.45) is 0 Å². The third kappa shape index (κ3) is 5.42. The topological polar surface area (TPSA) is 102 Å². The van der Waals surface area contributed by atoms with Crippen molar-refractivity contribution in [3.8, 4) is 11.5 Å². The van der Waals surface area contributed by atoms with E-state index in [0.29, 0.717) is 38.3 Å². The maximum atomic E-state index is 14.1. The zero-order valence-electron chi connectivity index (χ0n) is 22.7. The van der Waals surface area contributed by atoms with Gasteiger partial charge in [-0.1, -0.05) is 65.1 Å². The normalized spacial score (nSPS) is 16.3. The van der Waals surface area contributed by atoms with E-state index in [1.165, 1.54) is 36.9 Å². The molecule has 1 aliphatic heterocycles. The summed E-state index contributed by atoms with van der Waals surface area (Å²) in [7, 11) is 2.99. The molecule has 1 fully saturated rings. The Morgan fingerprint density at radius 2 is 1.78 bits per heavy atom. The van der Waals surface area contributed by atoms with Crippen molar-refractivity contribution in [2.75, 3.05) is 19.1 Å². The minimum atomic E-state index is -1.02. The minimum absolute atomic E-state index is 0.0771. The Labute approximate surface area is 244 Å². The number of aryl methyl sites for hydroxylation is 2. The maximum absolute atomic E-state index is 14.1. The van der Waals surface area contributed by atoms with Crippen molar-refractivity contribution in [1.82, 2.24) is 10.2 Å². The molecule has 41 heavy (non-hydrogen) atoms. The molecule has 4 aromatic rings. The summed E-state index contributed by atoms with van der Waals surface area (Å²) in [5.74, 6) is -1.14. The van der Waals surface area contributed by atoms with Gasteiger partial charge in [-0.05, 0) is 54.8 Å². The molecule has 3 aromatic carbocycles. The number of methoxy groups -OCH3 is 2. The number of nitrogens with zero attached hydrogens (tertiary/aromatic N) is 3. The van der Waals surface area contributed by atoms with Gasteiger partial charge in [-0.2, -0.15) is 0 Å². The van der Waals surface area contributed by atoms with Gasteiger partial charge in [0.25, 0.3) is 5.78 Å². The van der Waals surface area contributed by atoms with Crippen molar-refractivity contribution in [3.05, 3.63) is 99.9 Å². The number of halogens is 1. The Morgan fingerprint density at radius 3 is 2.51 bits per heavy atom. The van der Waals surface area contributed by atoms with Crippen molar-refractivity contribution < 1.29 is 28.6 Å². The second-order valence-corrected chi connectivity index (χ2v) is 11.5. The average molecular weight is 592 g/mol. The Morgan fingerprint density at radius 1 is 1.02 bits per heavy atom. The molecule has 1 atom stereocenters. The van der Waals surface area contributed by atoms with Crippen molar-refractivity contribution in [2.45, 2.75) is 30.0 Å². The van der Waals surface area contributed by atoms with Gasteiger partial charge in [0.1, 0.15) is 11.6 Å². The second kappa shape index (κ2) is 11.7. The lowest BCUT2D eigenvalue weighted by molar-refractivity contribution is -0.132. The number of anilines is 1. The summed E-state index contributed by atoms with van der Waals surface area (Å²) in [6, 6.07) is 16.0. The number of carbonyl (C=O) groups is 2. The van der Waals surface area contributed by atoms with Gasteiger partial charge in [-0.3, -0.25) is 14.5 Å². The van der Waals surface area contributed by atoms with Crippen molar-refractivity contribution in [1.29, 1.82) is 0 Å². The fraction of sp³-hybridized carbons (Fsp3) is 0.200. The molecule has 210 valence electrons. The quantitative estimate of drug-likeness (QED) is 0.0846. The number of aromatic nitrogens is 2. The molecule has 1 N–H and O–H groups in total. The number of aliphatic hydroxyl groups is 1. The molecule has 0 radical (unpaired) electrons. The zero-order valence-corrected chi connectivity index (χ0v) is 24.3. The second-order valence-electron chi connectivity index (χ2n) is 9.33. The number of benzene rings is 3. The van der Waals surface area contributed by atoms with Crippen LogP contribution < -0.4 is 14.4 Å². The van der Waals surface area contributed by atoms with Crippen LogP contribution in [0.2, 0.25) is 0 Å². The number of thioether (sulfide) groups is 1. The van der Waals surface area contributed by atoms with Crippen LogP contribution in [-0.2, 0) is 15.3 Å². The number of rotatable bonds is 8. The first-order valence-corrected chi connectivity index (χ1v) is 14.3. The van der Waals surface area contributed by atoms with Crippen LogP contribution in [-0.4, -0.2) is 41.2 Å². The van der Waals surface area contributed by atoms with Crippen LogP contribution in [0.5, 0.6) is 11.5 Å². The number of ether oxygens (including phenoxy) is 2. The van der Waals surface area contributed by atoms with Crippen molar-refractivity contribution in [3.63, 3.8) is 0 Å². The predicted octanol–water partition coefficient (Wildman–Crippen LogP) is 6.23. The summed E-state index contributed by atoms with van der Waals surface area (Å²) >= 11 is 2.37. The van der Waals surface area contributed by atoms with E-state index in [1.807, 2.05) is 26.0 Å². The van der Waals surface area contributed by atoms with Gasteiger partial charge in [-0.25, -0.2) is 4.39 Å². The monoisotopic (exact) mass is 591 g/mol. The first kappa shape index (κ1) is 28.3. The summed E-state index contributed by atoms with van der Waals surface area (Å²) < 4.78 is 25.5. The molecule has 0 bridgehead atoms. The van der Waals surface area contributed by atoms with Gasteiger partial charge < -0.3 is 14.6 Å². The van der Waals surface area contributed by atoms with Crippen LogP contribution in [0, 0.1) is 19.7 Å². The predicted molar refractivity (Wildman–Crippen MR) is 156 cm³/mol. The molecule has 0 saturated carbocycles. The van der Waals surface area contributed by atoms with Gasteiger partial charge in [-0.15, -0.1) is 10.2 Å². The molecule has 8 nitrogen and oxygen atoms in total. The molecule has 1 aromatic heterocycles. The Balaban J connectivity index is 1.61. The molecule has 1 amide bonds. The van der Waals surface area contributed by atoms with Crippen LogP contribution in [0.25, 0.3) is 5.76 Å². The summed E-state index contributed by atoms with van der Waals surface area (Å²) in [6.07, 6.45) is 0. The highest BCUT2D eigenvalue weighted by molar-refractivity contribution is 8.00. The van der Waals surface area contributed by atoms with E-state index in [9.17, 15) is 19.1 Å². The number of amides is 1. The summed E-state index contributed by atoms with van der Waals surface area (Å²) in [5, 5.41) is 20.1. The Bertz CT molecular complexity index is 1690. The van der Waals surface area contributed by atoms with E-state index < -0.39 is 17.7 Å². The molecular weight excluding hydrogens is 565 g/mol. The van der Waals surface area contributed by atoms with Crippen LogP contribution in [0.15, 0.2) is 70.6 Å². The van der Waals surface area contributed by atoms with Crippen LogP contribution >= 0.6 is 23.1 Å². The first-order chi connectivity index (χ1) is 19.7. The third-order valence-electron chi connectivity index (χ3n) is 6.73. The highest BCUT2D eigenvalue weighted by atomic mass is 32.2. The van der Waals surface area contributed by atoms with E-state index in [0.717, 1.165) is 22.5 Å². The molecular formula is C30H26FN3O5S2. The molecule has 11 heteroatoms. The molecule has 1 aliphatic rings. The SMILES string of the molecule is COc1ccc(C2C(=C(O)c3cc(C)ccc3C)C(=O)C(=O)N2c2nnc(SCc3ccccc3F)s2)cc1OC. The van der Waals surface area contributed by atoms with Gasteiger partial charge in [0.05, 0.1) is 25.8 Å². The Kier molecular flexibility index (Phi) is 8.09. The van der Waals surface area contributed by atoms with E-state index in [4.69, 9.17) is 9.47 Å². The molecule has 0 spiro atoms. The first-order valence-electron chi connectivity index (χ1n) is 12.5. The standard InChI is InChI=1S/C30H26FN3O5S2/c1-16-9-10-17(2)20(13-16)26(35)24-25(18-11-12-22(38-3)23(14-18)39-4)34(28(37)27(24)36)29-32-33-30(41-29)40-15-19-7-5-6-8-21(19)31/h5-14,25,35H,15H2,1-4H3. The van der Waals surface area contributed by atoms with E-state index in [2.05, 4.69) is 10.2 Å². The summed E-state index contributed by atoms with van der Waals surface area (Å²) in [6.45, 7) is 3.70. The molecule has 0 aliphatic carbocycles. The number of ketones is 1. The molecule has 2 heterocycles. The number of Topliss-reactive ketones (excluding diaryl/α,β-unsaturated/α-hetero) is 1. The zero-order chi connectivity index (χ0) is 29.3. The summed E-state index contributed by atoms with van der Waals surface area (Å²) in [5.41, 5.74) is 3.01. The smallest absolute Gasteiger partial charge is 0.301 e. The number of hydrogen-bond donors (Lipinski definition) is 1. The minimum Gasteiger partial charge on any atom is -0.507 e. The number of hydrogen-bond acceptors (Lipinski definition) is 9. The lowest BCUT2D eigenvalue weighted by atomic mass is 9.93. The number of carbonyl (C=O) groups excluding carboxylic acids is 2. The largest absolute Gasteiger partial charge is 0.507 e.